The minimum absolute atomic E-state index is 0.0974. The van der Waals surface area contributed by atoms with E-state index in [-0.39, 0.29) is 16.7 Å². The molecule has 0 aliphatic carbocycles. The van der Waals surface area contributed by atoms with E-state index in [0.717, 1.165) is 29.7 Å². The van der Waals surface area contributed by atoms with Crippen molar-refractivity contribution < 1.29 is 4.79 Å². The van der Waals surface area contributed by atoms with Gasteiger partial charge in [0.1, 0.15) is 0 Å². The molecule has 0 aliphatic rings. The molecule has 1 aromatic carbocycles. The van der Waals surface area contributed by atoms with Gasteiger partial charge in [0.25, 0.3) is 5.56 Å². The molecule has 2 N–H and O–H groups in total. The Hall–Kier alpha value is -2.08. The maximum absolute atomic E-state index is 12.6. The first kappa shape index (κ1) is 18.3. The zero-order chi connectivity index (χ0) is 17.7. The summed E-state index contributed by atoms with van der Waals surface area (Å²) in [6, 6.07) is 7.52. The maximum Gasteiger partial charge on any atom is 0.251 e. The molecule has 5 nitrogen and oxygen atoms in total. The number of amides is 1. The van der Waals surface area contributed by atoms with E-state index in [1.54, 1.807) is 6.92 Å². The summed E-state index contributed by atoms with van der Waals surface area (Å²) in [5.41, 5.74) is 3.59. The smallest absolute Gasteiger partial charge is 0.251 e. The monoisotopic (exact) mass is 345 g/mol. The summed E-state index contributed by atoms with van der Waals surface area (Å²) in [5.74, 6) is -0.0974. The first-order valence-corrected chi connectivity index (χ1v) is 8.98. The summed E-state index contributed by atoms with van der Waals surface area (Å²) in [6.07, 6.45) is 1.72. The van der Waals surface area contributed by atoms with Crippen LogP contribution in [0.1, 0.15) is 37.6 Å². The summed E-state index contributed by atoms with van der Waals surface area (Å²) in [7, 11) is 0. The molecule has 128 valence electrons. The fraction of sp³-hybridized carbons (Fsp3) is 0.389. The molecule has 0 saturated heterocycles. The normalized spacial score (nSPS) is 12.0. The molecule has 0 saturated carbocycles. The van der Waals surface area contributed by atoms with Gasteiger partial charge in [0.05, 0.1) is 5.25 Å². The van der Waals surface area contributed by atoms with E-state index < -0.39 is 0 Å². The van der Waals surface area contributed by atoms with Crippen LogP contribution in [0.15, 0.2) is 34.2 Å². The van der Waals surface area contributed by atoms with Gasteiger partial charge in [-0.1, -0.05) is 43.8 Å². The minimum atomic E-state index is -0.371. The number of rotatable bonds is 6. The predicted octanol–water partition coefficient (Wildman–Crippen LogP) is 3.32. The molecule has 6 heteroatoms. The number of nitrogens with one attached hydrogen (secondary N) is 2. The molecule has 0 aliphatic heterocycles. The summed E-state index contributed by atoms with van der Waals surface area (Å²) in [4.78, 5) is 31.0. The fourth-order valence-electron chi connectivity index (χ4n) is 2.46. The lowest BCUT2D eigenvalue weighted by Crippen LogP contribution is -2.24. The molecule has 0 fully saturated rings. The third-order valence-electron chi connectivity index (χ3n) is 3.75. The van der Waals surface area contributed by atoms with E-state index >= 15 is 0 Å². The highest BCUT2D eigenvalue weighted by Crippen LogP contribution is 2.25. The number of H-pyrrole nitrogens is 1. The topological polar surface area (TPSA) is 74.8 Å². The molecule has 1 atom stereocenters. The number of benzene rings is 1. The van der Waals surface area contributed by atoms with Gasteiger partial charge in [-0.15, -0.1) is 0 Å². The van der Waals surface area contributed by atoms with Gasteiger partial charge in [-0.05, 0) is 37.8 Å². The van der Waals surface area contributed by atoms with E-state index in [1.165, 1.54) is 17.8 Å². The zero-order valence-corrected chi connectivity index (χ0v) is 15.3. The van der Waals surface area contributed by atoms with Crippen molar-refractivity contribution in [3.8, 4) is 0 Å². The number of aromatic amines is 1. The lowest BCUT2D eigenvalue weighted by molar-refractivity contribution is -0.115. The van der Waals surface area contributed by atoms with Crippen LogP contribution in [-0.4, -0.2) is 21.1 Å². The van der Waals surface area contributed by atoms with E-state index in [9.17, 15) is 9.59 Å². The number of hydrogen-bond acceptors (Lipinski definition) is 4. The molecule has 0 unspecified atom stereocenters. The molecular formula is C18H23N3O2S. The van der Waals surface area contributed by atoms with Crippen LogP contribution >= 0.6 is 11.8 Å². The molecular weight excluding hydrogens is 322 g/mol. The van der Waals surface area contributed by atoms with Crippen LogP contribution in [0.3, 0.4) is 0 Å². The SMILES string of the molecule is CCc1cccc(CC)c1NC(=O)[C@H](C)Sc1nc(C)cc(=O)[nH]1. The maximum atomic E-state index is 12.6. The van der Waals surface area contributed by atoms with Crippen LogP contribution < -0.4 is 10.9 Å². The van der Waals surface area contributed by atoms with Crippen LogP contribution in [0.25, 0.3) is 0 Å². The Morgan fingerprint density at radius 2 is 1.92 bits per heavy atom. The highest BCUT2D eigenvalue weighted by molar-refractivity contribution is 8.00. The minimum Gasteiger partial charge on any atom is -0.325 e. The number of carbonyl (C=O) groups excluding carboxylic acids is 1. The Morgan fingerprint density at radius 3 is 2.46 bits per heavy atom. The second-order valence-corrected chi connectivity index (χ2v) is 6.93. The third kappa shape index (κ3) is 4.47. The predicted molar refractivity (Wildman–Crippen MR) is 98.7 cm³/mol. The molecule has 0 spiro atoms. The van der Waals surface area contributed by atoms with Crippen molar-refractivity contribution in [1.82, 2.24) is 9.97 Å². The van der Waals surface area contributed by atoms with Gasteiger partial charge in [-0.3, -0.25) is 9.59 Å². The molecule has 1 amide bonds. The van der Waals surface area contributed by atoms with E-state index in [0.29, 0.717) is 10.9 Å². The van der Waals surface area contributed by atoms with E-state index in [2.05, 4.69) is 29.1 Å². The number of thioether (sulfide) groups is 1. The number of nitrogens with zero attached hydrogens (tertiary/aromatic N) is 1. The Kier molecular flexibility index (Phi) is 6.20. The number of carbonyl (C=O) groups is 1. The van der Waals surface area contributed by atoms with Crippen LogP contribution in [0.5, 0.6) is 0 Å². The quantitative estimate of drug-likeness (QED) is 0.622. The number of para-hydroxylation sites is 1. The summed E-state index contributed by atoms with van der Waals surface area (Å²) in [5, 5.41) is 3.14. The molecule has 2 rings (SSSR count). The molecule has 0 bridgehead atoms. The summed E-state index contributed by atoms with van der Waals surface area (Å²) in [6.45, 7) is 7.71. The average molecular weight is 345 g/mol. The van der Waals surface area contributed by atoms with Gasteiger partial charge >= 0.3 is 0 Å². The van der Waals surface area contributed by atoms with Crippen molar-refractivity contribution in [3.63, 3.8) is 0 Å². The first-order valence-electron chi connectivity index (χ1n) is 8.10. The van der Waals surface area contributed by atoms with Gasteiger partial charge in [0.2, 0.25) is 5.91 Å². The number of hydrogen-bond donors (Lipinski definition) is 2. The Balaban J connectivity index is 2.16. The second kappa shape index (κ2) is 8.15. The van der Waals surface area contributed by atoms with Crippen LogP contribution in [0.2, 0.25) is 0 Å². The van der Waals surface area contributed by atoms with Crippen molar-refractivity contribution in [2.75, 3.05) is 5.32 Å². The van der Waals surface area contributed by atoms with Crippen molar-refractivity contribution in [1.29, 1.82) is 0 Å². The van der Waals surface area contributed by atoms with Crippen molar-refractivity contribution >= 4 is 23.4 Å². The van der Waals surface area contributed by atoms with E-state index in [1.807, 2.05) is 25.1 Å². The van der Waals surface area contributed by atoms with Crippen LogP contribution in [-0.2, 0) is 17.6 Å². The van der Waals surface area contributed by atoms with Crippen LogP contribution in [0.4, 0.5) is 5.69 Å². The van der Waals surface area contributed by atoms with Gasteiger partial charge in [0, 0.05) is 17.4 Å². The third-order valence-corrected chi connectivity index (χ3v) is 4.74. The second-order valence-electron chi connectivity index (χ2n) is 5.60. The van der Waals surface area contributed by atoms with Crippen molar-refractivity contribution in [3.05, 3.63) is 51.4 Å². The molecule has 24 heavy (non-hydrogen) atoms. The van der Waals surface area contributed by atoms with Gasteiger partial charge < -0.3 is 10.3 Å². The highest BCUT2D eigenvalue weighted by Gasteiger charge is 2.18. The lowest BCUT2D eigenvalue weighted by atomic mass is 10.0. The fourth-order valence-corrected chi connectivity index (χ4v) is 3.31. The van der Waals surface area contributed by atoms with Crippen LogP contribution in [0, 0.1) is 6.92 Å². The molecule has 0 radical (unpaired) electrons. The number of aryl methyl sites for hydroxylation is 3. The van der Waals surface area contributed by atoms with Gasteiger partial charge in [-0.2, -0.15) is 0 Å². The van der Waals surface area contributed by atoms with Gasteiger partial charge in [0.15, 0.2) is 5.16 Å². The number of aromatic nitrogens is 2. The Labute approximate surface area is 146 Å². The molecule has 1 heterocycles. The van der Waals surface area contributed by atoms with Crippen molar-refractivity contribution in [2.45, 2.75) is 50.9 Å². The average Bonchev–Trinajstić information content (AvgIpc) is 2.53. The zero-order valence-electron chi connectivity index (χ0n) is 14.5. The highest BCUT2D eigenvalue weighted by atomic mass is 32.2. The molecule has 1 aromatic heterocycles. The standard InChI is InChI=1S/C18H23N3O2S/c1-5-13-8-7-9-14(6-2)16(13)21-17(23)12(4)24-18-19-11(3)10-15(22)20-18/h7-10,12H,5-6H2,1-4H3,(H,21,23)(H,19,20,22)/t12-/m0/s1. The Morgan fingerprint density at radius 1 is 1.29 bits per heavy atom. The summed E-state index contributed by atoms with van der Waals surface area (Å²) >= 11 is 1.25. The molecule has 2 aromatic rings. The van der Waals surface area contributed by atoms with E-state index in [4.69, 9.17) is 0 Å². The Bertz CT molecular complexity index is 764. The van der Waals surface area contributed by atoms with Gasteiger partial charge in [-0.25, -0.2) is 4.98 Å². The lowest BCUT2D eigenvalue weighted by Gasteiger charge is -2.17. The largest absolute Gasteiger partial charge is 0.325 e. The first-order chi connectivity index (χ1) is 11.4. The van der Waals surface area contributed by atoms with Crippen molar-refractivity contribution in [2.24, 2.45) is 0 Å². The number of anilines is 1. The summed E-state index contributed by atoms with van der Waals surface area (Å²) < 4.78 is 0.